The van der Waals surface area contributed by atoms with Crippen LogP contribution < -0.4 is 4.74 Å². The number of benzene rings is 1. The van der Waals surface area contributed by atoms with Crippen molar-refractivity contribution in [3.05, 3.63) is 50.8 Å². The van der Waals surface area contributed by atoms with Gasteiger partial charge in [0.2, 0.25) is 0 Å². The van der Waals surface area contributed by atoms with Crippen molar-refractivity contribution in [2.75, 3.05) is 6.61 Å². The molecule has 3 rings (SSSR count). The highest BCUT2D eigenvalue weighted by Gasteiger charge is 2.18. The molecular weight excluding hydrogens is 338 g/mol. The minimum atomic E-state index is 0.00496. The molecule has 0 spiro atoms. The average molecular weight is 350 g/mol. The molecule has 2 aromatic heterocycles. The summed E-state index contributed by atoms with van der Waals surface area (Å²) in [6.07, 6.45) is 1.75. The Balaban J connectivity index is 2.14. The summed E-state index contributed by atoms with van der Waals surface area (Å²) in [5.41, 5.74) is 2.25. The molecule has 0 saturated carbocycles. The quantitative estimate of drug-likeness (QED) is 0.698. The predicted molar refractivity (Wildman–Crippen MR) is 84.9 cm³/mol. The molecule has 2 heterocycles. The van der Waals surface area contributed by atoms with Crippen LogP contribution in [0, 0.1) is 0 Å². The van der Waals surface area contributed by atoms with Crippen LogP contribution in [-0.2, 0) is 0 Å². The van der Waals surface area contributed by atoms with Gasteiger partial charge in [0, 0.05) is 22.7 Å². The molecule has 0 aliphatic rings. The lowest BCUT2D eigenvalue weighted by Gasteiger charge is -2.06. The van der Waals surface area contributed by atoms with Crippen LogP contribution in [0.3, 0.4) is 0 Å². The molecular formula is C15H12BrNO2S. The van der Waals surface area contributed by atoms with Crippen LogP contribution in [0.15, 0.2) is 39.6 Å². The van der Waals surface area contributed by atoms with Gasteiger partial charge in [-0.05, 0) is 41.1 Å². The van der Waals surface area contributed by atoms with Crippen molar-refractivity contribution in [3.8, 4) is 5.75 Å². The van der Waals surface area contributed by atoms with Crippen LogP contribution >= 0.6 is 27.3 Å². The molecule has 0 amide bonds. The van der Waals surface area contributed by atoms with Gasteiger partial charge in [-0.1, -0.05) is 6.07 Å². The van der Waals surface area contributed by atoms with Crippen LogP contribution in [0.2, 0.25) is 0 Å². The minimum absolute atomic E-state index is 0.00496. The second-order valence-corrected chi connectivity index (χ2v) is 6.57. The summed E-state index contributed by atoms with van der Waals surface area (Å²) < 4.78 is 6.58. The smallest absolute Gasteiger partial charge is 0.196 e. The highest BCUT2D eigenvalue weighted by Crippen LogP contribution is 2.31. The van der Waals surface area contributed by atoms with E-state index in [0.717, 1.165) is 20.4 Å². The number of rotatable bonds is 4. The molecule has 0 atom stereocenters. The van der Waals surface area contributed by atoms with Gasteiger partial charge in [0.1, 0.15) is 5.75 Å². The third-order valence-electron chi connectivity index (χ3n) is 3.04. The Morgan fingerprint density at radius 1 is 1.45 bits per heavy atom. The number of halogens is 1. The first-order valence-electron chi connectivity index (χ1n) is 6.22. The van der Waals surface area contributed by atoms with E-state index in [4.69, 9.17) is 4.74 Å². The molecule has 0 radical (unpaired) electrons. The zero-order chi connectivity index (χ0) is 14.1. The number of carbonyl (C=O) groups is 1. The number of carbonyl (C=O) groups excluding carboxylic acids is 1. The topological polar surface area (TPSA) is 42.1 Å². The third kappa shape index (κ3) is 2.27. The van der Waals surface area contributed by atoms with Crippen LogP contribution in [0.4, 0.5) is 0 Å². The van der Waals surface area contributed by atoms with E-state index >= 15 is 0 Å². The maximum atomic E-state index is 12.6. The fourth-order valence-corrected chi connectivity index (χ4v) is 3.33. The summed E-state index contributed by atoms with van der Waals surface area (Å²) in [5.74, 6) is 0.745. The molecule has 3 nitrogen and oxygen atoms in total. The normalized spacial score (nSPS) is 10.9. The number of nitrogens with one attached hydrogen (secondary N) is 1. The highest BCUT2D eigenvalue weighted by molar-refractivity contribution is 9.11. The summed E-state index contributed by atoms with van der Waals surface area (Å²) in [7, 11) is 0. The largest absolute Gasteiger partial charge is 0.493 e. The monoisotopic (exact) mass is 349 g/mol. The summed E-state index contributed by atoms with van der Waals surface area (Å²) in [4.78, 5) is 15.7. The van der Waals surface area contributed by atoms with E-state index in [1.54, 1.807) is 6.20 Å². The third-order valence-corrected chi connectivity index (χ3v) is 4.55. The molecule has 0 unspecified atom stereocenters. The van der Waals surface area contributed by atoms with Gasteiger partial charge < -0.3 is 9.72 Å². The lowest BCUT2D eigenvalue weighted by Crippen LogP contribution is -2.00. The number of hydrogen-bond acceptors (Lipinski definition) is 3. The molecule has 0 aliphatic carbocycles. The van der Waals surface area contributed by atoms with Gasteiger partial charge in [-0.2, -0.15) is 0 Å². The molecule has 3 aromatic rings. The molecule has 5 heteroatoms. The zero-order valence-electron chi connectivity index (χ0n) is 10.8. The maximum Gasteiger partial charge on any atom is 0.196 e. The summed E-state index contributed by atoms with van der Waals surface area (Å²) in [6, 6.07) is 7.59. The van der Waals surface area contributed by atoms with E-state index in [1.165, 1.54) is 11.3 Å². The Morgan fingerprint density at radius 3 is 3.00 bits per heavy atom. The minimum Gasteiger partial charge on any atom is -0.493 e. The lowest BCUT2D eigenvalue weighted by atomic mass is 10.0. The van der Waals surface area contributed by atoms with Crippen LogP contribution in [0.5, 0.6) is 5.75 Å². The van der Waals surface area contributed by atoms with Crippen LogP contribution in [0.1, 0.15) is 22.8 Å². The van der Waals surface area contributed by atoms with Gasteiger partial charge in [-0.3, -0.25) is 4.79 Å². The van der Waals surface area contributed by atoms with Gasteiger partial charge in [-0.15, -0.1) is 11.3 Å². The number of aromatic amines is 1. The SMILES string of the molecule is CCOc1cccc2[nH]cc(C(=O)c3csc(Br)c3)c12. The Bertz CT molecular complexity index is 775. The summed E-state index contributed by atoms with van der Waals surface area (Å²) in [6.45, 7) is 2.50. The van der Waals surface area contributed by atoms with Crippen LogP contribution in [0.25, 0.3) is 10.9 Å². The molecule has 1 aromatic carbocycles. The van der Waals surface area contributed by atoms with E-state index in [1.807, 2.05) is 36.6 Å². The molecule has 102 valence electrons. The molecule has 0 saturated heterocycles. The van der Waals surface area contributed by atoms with E-state index in [0.29, 0.717) is 17.7 Å². The van der Waals surface area contributed by atoms with Crippen LogP contribution in [-0.4, -0.2) is 17.4 Å². The number of fused-ring (bicyclic) bond motifs is 1. The molecule has 0 aliphatic heterocycles. The first-order valence-corrected chi connectivity index (χ1v) is 7.89. The Kier molecular flexibility index (Phi) is 3.63. The van der Waals surface area contributed by atoms with Crippen molar-refractivity contribution in [1.82, 2.24) is 4.98 Å². The zero-order valence-corrected chi connectivity index (χ0v) is 13.2. The Morgan fingerprint density at radius 2 is 2.30 bits per heavy atom. The number of ketones is 1. The number of hydrogen-bond donors (Lipinski definition) is 1. The Labute approximate surface area is 128 Å². The highest BCUT2D eigenvalue weighted by atomic mass is 79.9. The standard InChI is InChI=1S/C15H12BrNO2S/c1-2-19-12-5-3-4-11-14(12)10(7-17-11)15(18)9-6-13(16)20-8-9/h3-8,17H,2H2,1H3. The van der Waals surface area contributed by atoms with Gasteiger partial charge in [0.15, 0.2) is 5.78 Å². The van der Waals surface area contributed by atoms with Crippen molar-refractivity contribution in [2.45, 2.75) is 6.92 Å². The molecule has 0 fully saturated rings. The first-order chi connectivity index (χ1) is 9.70. The molecule has 0 bridgehead atoms. The van der Waals surface area contributed by atoms with Gasteiger partial charge in [0.05, 0.1) is 21.3 Å². The second kappa shape index (κ2) is 5.42. The van der Waals surface area contributed by atoms with Gasteiger partial charge in [-0.25, -0.2) is 0 Å². The van der Waals surface area contributed by atoms with E-state index < -0.39 is 0 Å². The van der Waals surface area contributed by atoms with E-state index in [-0.39, 0.29) is 5.78 Å². The summed E-state index contributed by atoms with van der Waals surface area (Å²) in [5, 5.41) is 2.70. The van der Waals surface area contributed by atoms with E-state index in [9.17, 15) is 4.79 Å². The molecule has 1 N–H and O–H groups in total. The maximum absolute atomic E-state index is 12.6. The Hall–Kier alpha value is -1.59. The fraction of sp³-hybridized carbons (Fsp3) is 0.133. The summed E-state index contributed by atoms with van der Waals surface area (Å²) >= 11 is 4.89. The average Bonchev–Trinajstić information content (AvgIpc) is 3.05. The van der Waals surface area contributed by atoms with Crippen molar-refractivity contribution in [2.24, 2.45) is 0 Å². The number of aromatic nitrogens is 1. The van der Waals surface area contributed by atoms with Crippen molar-refractivity contribution in [1.29, 1.82) is 0 Å². The van der Waals surface area contributed by atoms with Gasteiger partial charge in [0.25, 0.3) is 0 Å². The first kappa shape index (κ1) is 13.4. The van der Waals surface area contributed by atoms with Gasteiger partial charge >= 0.3 is 0 Å². The lowest BCUT2D eigenvalue weighted by molar-refractivity contribution is 0.104. The second-order valence-electron chi connectivity index (χ2n) is 4.28. The number of ether oxygens (including phenoxy) is 1. The molecule has 20 heavy (non-hydrogen) atoms. The van der Waals surface area contributed by atoms with E-state index in [2.05, 4.69) is 20.9 Å². The van der Waals surface area contributed by atoms with Crippen molar-refractivity contribution < 1.29 is 9.53 Å². The predicted octanol–water partition coefficient (Wildman–Crippen LogP) is 4.62. The van der Waals surface area contributed by atoms with Crippen molar-refractivity contribution >= 4 is 44.0 Å². The van der Waals surface area contributed by atoms with Crippen molar-refractivity contribution in [3.63, 3.8) is 0 Å². The number of thiophene rings is 1. The fourth-order valence-electron chi connectivity index (χ4n) is 2.19. The number of H-pyrrole nitrogens is 1.